The van der Waals surface area contributed by atoms with Gasteiger partial charge in [0.05, 0.1) is 11.4 Å². The Morgan fingerprint density at radius 3 is 2.93 bits per heavy atom. The summed E-state index contributed by atoms with van der Waals surface area (Å²) in [6, 6.07) is 3.69. The number of rotatable bonds is 1. The van der Waals surface area contributed by atoms with E-state index in [2.05, 4.69) is 26.2 Å². The normalized spacial score (nSPS) is 10.6. The van der Waals surface area contributed by atoms with Crippen LogP contribution in [0.3, 0.4) is 0 Å². The van der Waals surface area contributed by atoms with E-state index in [0.29, 0.717) is 0 Å². The summed E-state index contributed by atoms with van der Waals surface area (Å²) in [7, 11) is 0. The van der Waals surface area contributed by atoms with E-state index in [1.54, 1.807) is 0 Å². The lowest BCUT2D eigenvalue weighted by Gasteiger charge is -2.03. The average molecular weight is 268 g/mol. The lowest BCUT2D eigenvalue weighted by Crippen LogP contribution is -2.06. The highest BCUT2D eigenvalue weighted by molar-refractivity contribution is 9.10. The van der Waals surface area contributed by atoms with Gasteiger partial charge in [-0.05, 0) is 35.0 Å². The van der Waals surface area contributed by atoms with Crippen LogP contribution in [-0.2, 0) is 4.79 Å². The van der Waals surface area contributed by atoms with Crippen LogP contribution < -0.4 is 5.32 Å². The summed E-state index contributed by atoms with van der Waals surface area (Å²) in [6.45, 7) is 3.45. The minimum Gasteiger partial charge on any atom is -0.325 e. The van der Waals surface area contributed by atoms with Crippen molar-refractivity contribution < 1.29 is 4.79 Å². The van der Waals surface area contributed by atoms with Crippen molar-refractivity contribution in [1.82, 2.24) is 9.38 Å². The van der Waals surface area contributed by atoms with Gasteiger partial charge >= 0.3 is 0 Å². The summed E-state index contributed by atoms with van der Waals surface area (Å²) in [5, 5.41) is 2.73. The molecule has 0 aliphatic heterocycles. The largest absolute Gasteiger partial charge is 0.325 e. The molecule has 0 radical (unpaired) electrons. The van der Waals surface area contributed by atoms with Gasteiger partial charge in [-0.2, -0.15) is 0 Å². The number of hydrogen-bond donors (Lipinski definition) is 1. The number of amides is 1. The number of carbonyl (C=O) groups is 1. The molecule has 0 saturated carbocycles. The van der Waals surface area contributed by atoms with Gasteiger partial charge in [-0.3, -0.25) is 4.79 Å². The fraction of sp³-hybridized carbons (Fsp3) is 0.200. The lowest BCUT2D eigenvalue weighted by atomic mass is 10.4. The van der Waals surface area contributed by atoms with Crippen molar-refractivity contribution in [3.05, 3.63) is 28.6 Å². The molecule has 0 aliphatic rings. The smallest absolute Gasteiger partial charge is 0.221 e. The molecule has 0 atom stereocenters. The number of carbonyl (C=O) groups excluding carboxylic acids is 1. The molecule has 78 valence electrons. The van der Waals surface area contributed by atoms with E-state index in [1.807, 2.05) is 29.7 Å². The maximum absolute atomic E-state index is 10.9. The molecule has 1 N–H and O–H groups in total. The standard InChI is InChI=1S/C10H10BrN3O/c1-6-10(11)13-9-4-3-8(5-14(6)9)12-7(2)15/h3-5H,1-2H3,(H,12,15). The monoisotopic (exact) mass is 267 g/mol. The van der Waals surface area contributed by atoms with Gasteiger partial charge < -0.3 is 9.72 Å². The Hall–Kier alpha value is -1.36. The highest BCUT2D eigenvalue weighted by atomic mass is 79.9. The quantitative estimate of drug-likeness (QED) is 0.863. The Morgan fingerprint density at radius 1 is 1.53 bits per heavy atom. The van der Waals surface area contributed by atoms with E-state index in [-0.39, 0.29) is 5.91 Å². The first-order chi connectivity index (χ1) is 7.08. The van der Waals surface area contributed by atoms with Crippen LogP contribution in [0.15, 0.2) is 22.9 Å². The molecule has 15 heavy (non-hydrogen) atoms. The van der Waals surface area contributed by atoms with Crippen LogP contribution in [0.5, 0.6) is 0 Å². The minimum atomic E-state index is -0.0776. The van der Waals surface area contributed by atoms with Gasteiger partial charge in [0.25, 0.3) is 0 Å². The first kappa shape index (κ1) is 10.2. The van der Waals surface area contributed by atoms with Crippen molar-refractivity contribution in [3.63, 3.8) is 0 Å². The van der Waals surface area contributed by atoms with Gasteiger partial charge in [-0.15, -0.1) is 0 Å². The van der Waals surface area contributed by atoms with Gasteiger partial charge in [-0.25, -0.2) is 4.98 Å². The van der Waals surface area contributed by atoms with Crippen molar-refractivity contribution in [1.29, 1.82) is 0 Å². The molecular formula is C10H10BrN3O. The SMILES string of the molecule is CC(=O)Nc1ccc2nc(Br)c(C)n2c1. The van der Waals surface area contributed by atoms with Gasteiger partial charge in [0.1, 0.15) is 10.3 Å². The van der Waals surface area contributed by atoms with Crippen LogP contribution >= 0.6 is 15.9 Å². The zero-order chi connectivity index (χ0) is 11.0. The predicted molar refractivity (Wildman–Crippen MR) is 61.9 cm³/mol. The Morgan fingerprint density at radius 2 is 2.27 bits per heavy atom. The molecule has 0 fully saturated rings. The highest BCUT2D eigenvalue weighted by Crippen LogP contribution is 2.19. The number of aryl methyl sites for hydroxylation is 1. The van der Waals surface area contributed by atoms with Gasteiger partial charge in [0, 0.05) is 13.1 Å². The van der Waals surface area contributed by atoms with Crippen LogP contribution in [0.25, 0.3) is 5.65 Å². The fourth-order valence-electron chi connectivity index (χ4n) is 1.41. The number of imidazole rings is 1. The third-order valence-electron chi connectivity index (χ3n) is 2.12. The van der Waals surface area contributed by atoms with E-state index in [1.165, 1.54) is 6.92 Å². The van der Waals surface area contributed by atoms with E-state index in [9.17, 15) is 4.79 Å². The molecule has 0 aliphatic carbocycles. The number of hydrogen-bond acceptors (Lipinski definition) is 2. The molecule has 4 nitrogen and oxygen atoms in total. The zero-order valence-corrected chi connectivity index (χ0v) is 10.00. The highest BCUT2D eigenvalue weighted by Gasteiger charge is 2.05. The van der Waals surface area contributed by atoms with Gasteiger partial charge in [-0.1, -0.05) is 0 Å². The Kier molecular flexibility index (Phi) is 2.48. The number of pyridine rings is 1. The third kappa shape index (κ3) is 1.87. The first-order valence-corrected chi connectivity index (χ1v) is 5.29. The molecule has 0 bridgehead atoms. The number of nitrogens with zero attached hydrogens (tertiary/aromatic N) is 2. The van der Waals surface area contributed by atoms with Gasteiger partial charge in [0.2, 0.25) is 5.91 Å². The van der Waals surface area contributed by atoms with Crippen LogP contribution in [-0.4, -0.2) is 15.3 Å². The first-order valence-electron chi connectivity index (χ1n) is 4.50. The lowest BCUT2D eigenvalue weighted by molar-refractivity contribution is -0.114. The number of anilines is 1. The average Bonchev–Trinajstić information content (AvgIpc) is 2.43. The Labute approximate surface area is 95.4 Å². The Balaban J connectivity index is 2.54. The molecular weight excluding hydrogens is 258 g/mol. The topological polar surface area (TPSA) is 46.4 Å². The molecule has 0 unspecified atom stereocenters. The maximum Gasteiger partial charge on any atom is 0.221 e. The minimum absolute atomic E-state index is 0.0776. The molecule has 2 rings (SSSR count). The van der Waals surface area contributed by atoms with Crippen molar-refractivity contribution in [2.24, 2.45) is 0 Å². The van der Waals surface area contributed by atoms with Crippen molar-refractivity contribution in [2.75, 3.05) is 5.32 Å². The van der Waals surface area contributed by atoms with E-state index >= 15 is 0 Å². The third-order valence-corrected chi connectivity index (χ3v) is 2.87. The summed E-state index contributed by atoms with van der Waals surface area (Å²) >= 11 is 3.36. The Bertz CT molecular complexity index is 533. The summed E-state index contributed by atoms with van der Waals surface area (Å²) in [6.07, 6.45) is 1.85. The molecule has 0 saturated heterocycles. The van der Waals surface area contributed by atoms with E-state index in [0.717, 1.165) is 21.6 Å². The van der Waals surface area contributed by atoms with Crippen LogP contribution in [0.4, 0.5) is 5.69 Å². The number of halogens is 1. The van der Waals surface area contributed by atoms with Gasteiger partial charge in [0.15, 0.2) is 0 Å². The maximum atomic E-state index is 10.9. The number of nitrogens with one attached hydrogen (secondary N) is 1. The molecule has 2 heterocycles. The molecule has 5 heteroatoms. The molecule has 1 amide bonds. The molecule has 0 spiro atoms. The second kappa shape index (κ2) is 3.66. The zero-order valence-electron chi connectivity index (χ0n) is 8.41. The van der Waals surface area contributed by atoms with Crippen molar-refractivity contribution >= 4 is 33.2 Å². The van der Waals surface area contributed by atoms with Crippen LogP contribution in [0.2, 0.25) is 0 Å². The number of aromatic nitrogens is 2. The molecule has 2 aromatic heterocycles. The van der Waals surface area contributed by atoms with Crippen molar-refractivity contribution in [2.45, 2.75) is 13.8 Å². The van der Waals surface area contributed by atoms with E-state index < -0.39 is 0 Å². The number of fused-ring (bicyclic) bond motifs is 1. The molecule has 2 aromatic rings. The van der Waals surface area contributed by atoms with Crippen molar-refractivity contribution in [3.8, 4) is 0 Å². The predicted octanol–water partition coefficient (Wildman–Crippen LogP) is 2.36. The van der Waals surface area contributed by atoms with Crippen LogP contribution in [0.1, 0.15) is 12.6 Å². The molecule has 0 aromatic carbocycles. The van der Waals surface area contributed by atoms with E-state index in [4.69, 9.17) is 0 Å². The summed E-state index contributed by atoms with van der Waals surface area (Å²) in [5.74, 6) is -0.0776. The second-order valence-electron chi connectivity index (χ2n) is 3.32. The van der Waals surface area contributed by atoms with Crippen LogP contribution in [0, 0.1) is 6.92 Å². The summed E-state index contributed by atoms with van der Waals surface area (Å²) < 4.78 is 2.75. The summed E-state index contributed by atoms with van der Waals surface area (Å²) in [4.78, 5) is 15.2. The second-order valence-corrected chi connectivity index (χ2v) is 4.07. The fourth-order valence-corrected chi connectivity index (χ4v) is 1.78. The summed E-state index contributed by atoms with van der Waals surface area (Å²) in [5.41, 5.74) is 2.63.